The summed E-state index contributed by atoms with van der Waals surface area (Å²) in [4.78, 5) is 39.6. The molecule has 11 heteroatoms. The number of urea groups is 1. The quantitative estimate of drug-likeness (QED) is 0.472. The highest BCUT2D eigenvalue weighted by molar-refractivity contribution is 6.03. The van der Waals surface area contributed by atoms with Crippen molar-refractivity contribution in [3.8, 4) is 17.1 Å². The molecule has 1 unspecified atom stereocenters. The Kier molecular flexibility index (Phi) is 7.57. The zero-order valence-corrected chi connectivity index (χ0v) is 23.0. The van der Waals surface area contributed by atoms with Crippen LogP contribution in [-0.2, 0) is 4.74 Å². The Balaban J connectivity index is 1.51. The maximum Gasteiger partial charge on any atom is 0.323 e. The summed E-state index contributed by atoms with van der Waals surface area (Å²) < 4.78 is 25.9. The number of nitrogens with one attached hydrogen (secondary N) is 2. The van der Waals surface area contributed by atoms with Crippen LogP contribution in [0.2, 0.25) is 0 Å². The Morgan fingerprint density at radius 3 is 2.58 bits per heavy atom. The van der Waals surface area contributed by atoms with Gasteiger partial charge < -0.3 is 29.9 Å². The van der Waals surface area contributed by atoms with Crippen molar-refractivity contribution in [2.45, 2.75) is 39.3 Å². The van der Waals surface area contributed by atoms with Crippen LogP contribution in [0.3, 0.4) is 0 Å². The first-order chi connectivity index (χ1) is 19.1. The first kappa shape index (κ1) is 27.3. The number of carbonyl (C=O) groups excluding carboxylic acids is 2. The Morgan fingerprint density at radius 2 is 1.88 bits per heavy atom. The standard InChI is InChI=1S/C29H33FN6O4/c1-5-35-17-29(3,4)40-25-23(26(35)37)24(33-27(34-25)36-14-15-39-16-18(36)2)19-10-12-20(13-11-19)31-28(38)32-22-9-7-6-8-21(22)30/h6-13,18H,5,14-17H2,1-4H3,(H2,31,32,38). The lowest BCUT2D eigenvalue weighted by molar-refractivity contribution is 0.0541. The summed E-state index contributed by atoms with van der Waals surface area (Å²) in [6, 6.07) is 12.3. The second kappa shape index (κ2) is 11.1. The molecule has 5 rings (SSSR count). The molecule has 1 saturated heterocycles. The molecule has 2 aliphatic rings. The minimum atomic E-state index is -0.657. The van der Waals surface area contributed by atoms with Gasteiger partial charge in [-0.1, -0.05) is 24.3 Å². The lowest BCUT2D eigenvalue weighted by atomic mass is 10.0. The van der Waals surface area contributed by atoms with Crippen LogP contribution in [0.4, 0.5) is 26.5 Å². The average molecular weight is 549 g/mol. The number of fused-ring (bicyclic) bond motifs is 1. The number of benzene rings is 2. The van der Waals surface area contributed by atoms with E-state index in [1.165, 1.54) is 12.1 Å². The predicted molar refractivity (Wildman–Crippen MR) is 150 cm³/mol. The minimum Gasteiger partial charge on any atom is -0.469 e. The Morgan fingerprint density at radius 1 is 1.12 bits per heavy atom. The lowest BCUT2D eigenvalue weighted by Gasteiger charge is -2.34. The number of carbonyl (C=O) groups is 2. The van der Waals surface area contributed by atoms with Crippen LogP contribution >= 0.6 is 0 Å². The third-order valence-corrected chi connectivity index (χ3v) is 6.85. The number of halogens is 1. The zero-order valence-electron chi connectivity index (χ0n) is 23.0. The van der Waals surface area contributed by atoms with Gasteiger partial charge in [0.2, 0.25) is 11.8 Å². The van der Waals surface area contributed by atoms with E-state index >= 15 is 0 Å². The maximum absolute atomic E-state index is 13.9. The zero-order chi connectivity index (χ0) is 28.4. The van der Waals surface area contributed by atoms with E-state index in [1.807, 2.05) is 27.7 Å². The summed E-state index contributed by atoms with van der Waals surface area (Å²) in [7, 11) is 0. The van der Waals surface area contributed by atoms with E-state index in [9.17, 15) is 14.0 Å². The molecule has 3 amide bonds. The van der Waals surface area contributed by atoms with Crippen molar-refractivity contribution in [1.29, 1.82) is 0 Å². The van der Waals surface area contributed by atoms with Gasteiger partial charge in [-0.25, -0.2) is 14.2 Å². The number of hydrogen-bond donors (Lipinski definition) is 2. The average Bonchev–Trinajstić information content (AvgIpc) is 3.02. The van der Waals surface area contributed by atoms with Crippen molar-refractivity contribution < 1.29 is 23.5 Å². The van der Waals surface area contributed by atoms with Gasteiger partial charge in [0.1, 0.15) is 17.0 Å². The molecule has 2 aromatic carbocycles. The fraction of sp³-hybridized carbons (Fsp3) is 0.379. The third-order valence-electron chi connectivity index (χ3n) is 6.85. The van der Waals surface area contributed by atoms with Crippen molar-refractivity contribution in [2.75, 3.05) is 48.4 Å². The molecule has 0 saturated carbocycles. The number of ether oxygens (including phenoxy) is 2. The SMILES string of the molecule is CCN1CC(C)(C)Oc2nc(N3CCOCC3C)nc(-c3ccc(NC(=O)Nc4ccccc4F)cc3)c2C1=O. The monoisotopic (exact) mass is 548 g/mol. The molecular weight excluding hydrogens is 515 g/mol. The molecule has 2 N–H and O–H groups in total. The second-order valence-corrected chi connectivity index (χ2v) is 10.5. The van der Waals surface area contributed by atoms with Crippen LogP contribution in [0.25, 0.3) is 11.3 Å². The Bertz CT molecular complexity index is 1410. The number of anilines is 3. The number of hydrogen-bond acceptors (Lipinski definition) is 7. The lowest BCUT2D eigenvalue weighted by Crippen LogP contribution is -2.44. The van der Waals surface area contributed by atoms with Gasteiger partial charge in [0, 0.05) is 24.3 Å². The van der Waals surface area contributed by atoms with E-state index in [0.717, 1.165) is 0 Å². The summed E-state index contributed by atoms with van der Waals surface area (Å²) in [5.74, 6) is -0.0224. The Labute approximate surface area is 232 Å². The van der Waals surface area contributed by atoms with Gasteiger partial charge in [0.05, 0.1) is 37.2 Å². The van der Waals surface area contributed by atoms with E-state index in [1.54, 1.807) is 41.3 Å². The molecule has 0 radical (unpaired) electrons. The summed E-state index contributed by atoms with van der Waals surface area (Å²) in [6.07, 6.45) is 0. The van der Waals surface area contributed by atoms with E-state index in [-0.39, 0.29) is 23.5 Å². The van der Waals surface area contributed by atoms with Crippen molar-refractivity contribution in [3.05, 3.63) is 59.9 Å². The smallest absolute Gasteiger partial charge is 0.323 e. The van der Waals surface area contributed by atoms with Crippen molar-refractivity contribution in [3.63, 3.8) is 0 Å². The van der Waals surface area contributed by atoms with Gasteiger partial charge in [0.15, 0.2) is 0 Å². The van der Waals surface area contributed by atoms with Crippen molar-refractivity contribution in [1.82, 2.24) is 14.9 Å². The van der Waals surface area contributed by atoms with E-state index in [4.69, 9.17) is 19.4 Å². The number of morpholine rings is 1. The molecule has 1 aromatic heterocycles. The molecular formula is C29H33FN6O4. The molecule has 1 fully saturated rings. The minimum absolute atomic E-state index is 0.0424. The summed E-state index contributed by atoms with van der Waals surface area (Å²) in [5, 5.41) is 5.20. The van der Waals surface area contributed by atoms with Gasteiger partial charge in [0.25, 0.3) is 5.91 Å². The normalized spacial score (nSPS) is 18.4. The van der Waals surface area contributed by atoms with Gasteiger partial charge in [-0.3, -0.25) is 4.79 Å². The van der Waals surface area contributed by atoms with E-state index in [2.05, 4.69) is 15.5 Å². The molecule has 40 heavy (non-hydrogen) atoms. The second-order valence-electron chi connectivity index (χ2n) is 10.5. The molecule has 1 atom stereocenters. The van der Waals surface area contributed by atoms with Crippen LogP contribution in [0, 0.1) is 5.82 Å². The van der Waals surface area contributed by atoms with Crippen LogP contribution in [-0.4, -0.2) is 71.3 Å². The number of aromatic nitrogens is 2. The summed E-state index contributed by atoms with van der Waals surface area (Å²) in [6.45, 7) is 10.4. The van der Waals surface area contributed by atoms with Crippen LogP contribution < -0.4 is 20.3 Å². The highest BCUT2D eigenvalue weighted by Crippen LogP contribution is 2.36. The molecule has 3 aromatic rings. The molecule has 0 spiro atoms. The number of rotatable bonds is 5. The first-order valence-electron chi connectivity index (χ1n) is 13.3. The number of para-hydroxylation sites is 1. The van der Waals surface area contributed by atoms with Crippen molar-refractivity contribution in [2.24, 2.45) is 0 Å². The molecule has 210 valence electrons. The third kappa shape index (κ3) is 5.69. The van der Waals surface area contributed by atoms with Gasteiger partial charge in [-0.05, 0) is 52.0 Å². The van der Waals surface area contributed by atoms with Gasteiger partial charge in [-0.15, -0.1) is 0 Å². The molecule has 3 heterocycles. The Hall–Kier alpha value is -4.25. The van der Waals surface area contributed by atoms with Crippen LogP contribution in [0.15, 0.2) is 48.5 Å². The molecule has 0 aliphatic carbocycles. The predicted octanol–water partition coefficient (Wildman–Crippen LogP) is 4.78. The van der Waals surface area contributed by atoms with Crippen LogP contribution in [0.1, 0.15) is 38.1 Å². The number of likely N-dealkylation sites (N-methyl/N-ethyl adjacent to an activating group) is 1. The van der Waals surface area contributed by atoms with Crippen molar-refractivity contribution >= 4 is 29.3 Å². The largest absolute Gasteiger partial charge is 0.469 e. The highest BCUT2D eigenvalue weighted by Gasteiger charge is 2.38. The number of nitrogens with zero attached hydrogens (tertiary/aromatic N) is 4. The fourth-order valence-electron chi connectivity index (χ4n) is 4.85. The topological polar surface area (TPSA) is 109 Å². The maximum atomic E-state index is 13.9. The first-order valence-corrected chi connectivity index (χ1v) is 13.3. The van der Waals surface area contributed by atoms with E-state index in [0.29, 0.717) is 61.3 Å². The van der Waals surface area contributed by atoms with Gasteiger partial charge >= 0.3 is 6.03 Å². The fourth-order valence-corrected chi connectivity index (χ4v) is 4.85. The highest BCUT2D eigenvalue weighted by atomic mass is 19.1. The summed E-state index contributed by atoms with van der Waals surface area (Å²) in [5.41, 5.74) is 1.31. The molecule has 2 aliphatic heterocycles. The molecule has 0 bridgehead atoms. The summed E-state index contributed by atoms with van der Waals surface area (Å²) >= 11 is 0. The van der Waals surface area contributed by atoms with E-state index < -0.39 is 17.4 Å². The van der Waals surface area contributed by atoms with Crippen LogP contribution in [0.5, 0.6) is 5.88 Å². The van der Waals surface area contributed by atoms with Gasteiger partial charge in [-0.2, -0.15) is 4.98 Å². The molecule has 10 nitrogen and oxygen atoms in total. The number of amides is 3.